The van der Waals surface area contributed by atoms with Crippen LogP contribution in [-0.4, -0.2) is 5.91 Å². The summed E-state index contributed by atoms with van der Waals surface area (Å²) < 4.78 is 2.84. The molecule has 0 spiro atoms. The number of hydrogen-bond acceptors (Lipinski definition) is 4. The number of anilines is 3. The van der Waals surface area contributed by atoms with Gasteiger partial charge in [-0.1, -0.05) is 64.4 Å². The molecule has 0 radical (unpaired) electrons. The minimum Gasteiger partial charge on any atom is -0.355 e. The third kappa shape index (κ3) is 5.70. The second kappa shape index (κ2) is 9.31. The lowest BCUT2D eigenvalue weighted by Crippen LogP contribution is -2.15. The Bertz CT molecular complexity index is 1100. The van der Waals surface area contributed by atoms with Crippen LogP contribution in [0.3, 0.4) is 0 Å². The fourth-order valence-corrected chi connectivity index (χ4v) is 3.39. The van der Waals surface area contributed by atoms with Gasteiger partial charge in [-0.2, -0.15) is 0 Å². The Balaban J connectivity index is 1.85. The molecule has 0 heterocycles. The third-order valence-corrected chi connectivity index (χ3v) is 5.31. The van der Waals surface area contributed by atoms with Gasteiger partial charge in [0.05, 0.1) is 5.69 Å². The van der Waals surface area contributed by atoms with Crippen LogP contribution in [0.25, 0.3) is 5.70 Å². The first-order chi connectivity index (χ1) is 14.7. The van der Waals surface area contributed by atoms with Gasteiger partial charge in [0.1, 0.15) is 0 Å². The van der Waals surface area contributed by atoms with Crippen molar-refractivity contribution in [2.45, 2.75) is 33.1 Å². The summed E-state index contributed by atoms with van der Waals surface area (Å²) in [7, 11) is 0. The first-order valence-corrected chi connectivity index (χ1v) is 10.6. The van der Waals surface area contributed by atoms with Crippen molar-refractivity contribution in [2.75, 3.05) is 15.4 Å². The summed E-state index contributed by atoms with van der Waals surface area (Å²) in [4.78, 5) is 12.9. The van der Waals surface area contributed by atoms with E-state index >= 15 is 0 Å². The zero-order chi connectivity index (χ0) is 22.6. The van der Waals surface area contributed by atoms with Crippen molar-refractivity contribution < 1.29 is 4.79 Å². The minimum atomic E-state index is -0.170. The standard InChI is InChI=1S/C26H29N3OS/c1-17-7-6-8-21(15-17)27-18(2)23-16-22(29-31)13-14-24(23)28-25(30)19-9-11-20(12-10-19)26(3,4)5/h6-16,27,29,31H,2H2,1,3-5H3,(H,28,30). The smallest absolute Gasteiger partial charge is 0.255 e. The van der Waals surface area contributed by atoms with E-state index in [4.69, 9.17) is 0 Å². The van der Waals surface area contributed by atoms with Crippen LogP contribution in [0.15, 0.2) is 73.3 Å². The van der Waals surface area contributed by atoms with Gasteiger partial charge < -0.3 is 15.4 Å². The molecule has 3 rings (SSSR count). The Morgan fingerprint density at radius 2 is 1.61 bits per heavy atom. The fourth-order valence-electron chi connectivity index (χ4n) is 3.25. The monoisotopic (exact) mass is 431 g/mol. The third-order valence-electron chi connectivity index (χ3n) is 5.05. The van der Waals surface area contributed by atoms with Crippen LogP contribution in [0.1, 0.15) is 47.8 Å². The van der Waals surface area contributed by atoms with Crippen LogP contribution in [0.4, 0.5) is 17.1 Å². The molecule has 0 aliphatic heterocycles. The number of rotatable bonds is 6. The van der Waals surface area contributed by atoms with Crippen LogP contribution in [0.2, 0.25) is 0 Å². The first-order valence-electron chi connectivity index (χ1n) is 10.2. The second-order valence-electron chi connectivity index (χ2n) is 8.63. The summed E-state index contributed by atoms with van der Waals surface area (Å²) in [5.41, 5.74) is 6.84. The zero-order valence-corrected chi connectivity index (χ0v) is 19.3. The molecule has 0 atom stereocenters. The normalized spacial score (nSPS) is 11.0. The van der Waals surface area contributed by atoms with Crippen LogP contribution in [0, 0.1) is 6.92 Å². The molecule has 3 N–H and O–H groups in total. The molecule has 1 amide bonds. The maximum atomic E-state index is 12.9. The molecule has 0 aliphatic rings. The lowest BCUT2D eigenvalue weighted by atomic mass is 9.86. The van der Waals surface area contributed by atoms with E-state index in [1.807, 2.05) is 73.7 Å². The van der Waals surface area contributed by atoms with E-state index in [1.165, 1.54) is 5.56 Å². The number of benzene rings is 3. The first kappa shape index (κ1) is 22.5. The van der Waals surface area contributed by atoms with Crippen molar-refractivity contribution in [1.29, 1.82) is 0 Å². The molecule has 5 heteroatoms. The molecule has 160 valence electrons. The molecule has 3 aromatic rings. The van der Waals surface area contributed by atoms with Crippen molar-refractivity contribution in [3.63, 3.8) is 0 Å². The van der Waals surface area contributed by atoms with E-state index in [0.717, 1.165) is 22.5 Å². The highest BCUT2D eigenvalue weighted by Crippen LogP contribution is 2.29. The fraction of sp³-hybridized carbons (Fsp3) is 0.192. The highest BCUT2D eigenvalue weighted by atomic mass is 32.1. The largest absolute Gasteiger partial charge is 0.355 e. The molecule has 0 aliphatic carbocycles. The van der Waals surface area contributed by atoms with E-state index in [9.17, 15) is 4.79 Å². The predicted molar refractivity (Wildman–Crippen MR) is 136 cm³/mol. The van der Waals surface area contributed by atoms with Crippen molar-refractivity contribution in [3.05, 3.63) is 95.6 Å². The lowest BCUT2D eigenvalue weighted by Gasteiger charge is -2.19. The SMILES string of the molecule is C=C(Nc1cccc(C)c1)c1cc(NS)ccc1NC(=O)c1ccc(C(C)(C)C)cc1. The number of amides is 1. The van der Waals surface area contributed by atoms with E-state index in [2.05, 4.69) is 55.5 Å². The van der Waals surface area contributed by atoms with Crippen LogP contribution >= 0.6 is 12.8 Å². The molecule has 0 aromatic heterocycles. The van der Waals surface area contributed by atoms with Crippen LogP contribution in [0.5, 0.6) is 0 Å². The van der Waals surface area contributed by atoms with Gasteiger partial charge in [0, 0.05) is 28.2 Å². The topological polar surface area (TPSA) is 53.2 Å². The molecule has 0 saturated heterocycles. The van der Waals surface area contributed by atoms with Crippen molar-refractivity contribution in [2.24, 2.45) is 0 Å². The summed E-state index contributed by atoms with van der Waals surface area (Å²) in [6, 6.07) is 21.4. The average molecular weight is 432 g/mol. The summed E-state index contributed by atoms with van der Waals surface area (Å²) in [5, 5.41) is 6.35. The van der Waals surface area contributed by atoms with Crippen LogP contribution in [-0.2, 0) is 5.41 Å². The van der Waals surface area contributed by atoms with E-state index < -0.39 is 0 Å². The van der Waals surface area contributed by atoms with Gasteiger partial charge in [-0.3, -0.25) is 4.79 Å². The van der Waals surface area contributed by atoms with Crippen molar-refractivity contribution >= 4 is 41.5 Å². The number of hydrogen-bond donors (Lipinski definition) is 4. The number of thiol groups is 1. The van der Waals surface area contributed by atoms with Gasteiger partial charge in [-0.15, -0.1) is 0 Å². The van der Waals surface area contributed by atoms with Crippen LogP contribution < -0.4 is 15.4 Å². The van der Waals surface area contributed by atoms with E-state index in [1.54, 1.807) is 0 Å². The maximum absolute atomic E-state index is 12.9. The molecular formula is C26H29N3OS. The summed E-state index contributed by atoms with van der Waals surface area (Å²) in [6.07, 6.45) is 0. The number of carbonyl (C=O) groups excluding carboxylic acids is 1. The summed E-state index contributed by atoms with van der Waals surface area (Å²) >= 11 is 4.15. The Morgan fingerprint density at radius 3 is 2.23 bits per heavy atom. The molecule has 31 heavy (non-hydrogen) atoms. The predicted octanol–water partition coefficient (Wildman–Crippen LogP) is 6.88. The molecular weight excluding hydrogens is 402 g/mol. The summed E-state index contributed by atoms with van der Waals surface area (Å²) in [5.74, 6) is -0.170. The Morgan fingerprint density at radius 1 is 0.903 bits per heavy atom. The molecule has 0 saturated carbocycles. The highest BCUT2D eigenvalue weighted by molar-refractivity contribution is 7.81. The number of carbonyl (C=O) groups is 1. The molecule has 3 aromatic carbocycles. The van der Waals surface area contributed by atoms with Gasteiger partial charge in [0.2, 0.25) is 0 Å². The van der Waals surface area contributed by atoms with Gasteiger partial charge in [0.15, 0.2) is 0 Å². The van der Waals surface area contributed by atoms with Gasteiger partial charge >= 0.3 is 0 Å². The zero-order valence-electron chi connectivity index (χ0n) is 18.4. The van der Waals surface area contributed by atoms with Crippen molar-refractivity contribution in [1.82, 2.24) is 0 Å². The number of nitrogens with one attached hydrogen (secondary N) is 3. The van der Waals surface area contributed by atoms with E-state index in [-0.39, 0.29) is 11.3 Å². The molecule has 4 nitrogen and oxygen atoms in total. The van der Waals surface area contributed by atoms with E-state index in [0.29, 0.717) is 16.9 Å². The molecule has 0 fully saturated rings. The number of aryl methyl sites for hydroxylation is 1. The highest BCUT2D eigenvalue weighted by Gasteiger charge is 2.16. The van der Waals surface area contributed by atoms with Crippen molar-refractivity contribution in [3.8, 4) is 0 Å². The molecule has 0 unspecified atom stereocenters. The van der Waals surface area contributed by atoms with Gasteiger partial charge in [0.25, 0.3) is 5.91 Å². The Hall–Kier alpha value is -3.18. The average Bonchev–Trinajstić information content (AvgIpc) is 2.73. The Kier molecular flexibility index (Phi) is 6.76. The lowest BCUT2D eigenvalue weighted by molar-refractivity contribution is 0.102. The quantitative estimate of drug-likeness (QED) is 0.322. The second-order valence-corrected chi connectivity index (χ2v) is 8.85. The Labute approximate surface area is 190 Å². The minimum absolute atomic E-state index is 0.0388. The van der Waals surface area contributed by atoms with Gasteiger partial charge in [-0.05, 0) is 65.9 Å². The maximum Gasteiger partial charge on any atom is 0.255 e. The van der Waals surface area contributed by atoms with Gasteiger partial charge in [-0.25, -0.2) is 0 Å². The summed E-state index contributed by atoms with van der Waals surface area (Å²) in [6.45, 7) is 12.7. The molecule has 0 bridgehead atoms.